The summed E-state index contributed by atoms with van der Waals surface area (Å²) in [5.41, 5.74) is 4.10. The SMILES string of the molecule is CC(=O)C1Cc2cccc3c2N1C=CN=C3C1=C(c2cncc3ccoc23)C(=O)NC1=O. The number of carbonyl (C=O) groups excluding carboxylic acids is 3. The normalized spacial score (nSPS) is 19.3. The fourth-order valence-electron chi connectivity index (χ4n) is 4.69. The second-order valence-corrected chi connectivity index (χ2v) is 7.89. The minimum absolute atomic E-state index is 0.0458. The third-order valence-corrected chi connectivity index (χ3v) is 6.08. The van der Waals surface area contributed by atoms with Gasteiger partial charge < -0.3 is 9.32 Å². The quantitative estimate of drug-likeness (QED) is 0.648. The number of fused-ring (bicyclic) bond motifs is 1. The standard InChI is InChI=1S/C24H16N4O4/c1-12(29)17-9-13-3-2-4-15-20(26-6-7-28(17)21(13)15)19-18(23(30)27-24(19)31)16-11-25-10-14-5-8-32-22(14)16/h2-8,10-11,17H,9H2,1H3,(H,27,30,31). The molecule has 1 atom stereocenters. The van der Waals surface area contributed by atoms with E-state index in [1.807, 2.05) is 23.1 Å². The molecule has 3 aliphatic heterocycles. The summed E-state index contributed by atoms with van der Waals surface area (Å²) in [6.07, 6.45) is 8.54. The molecule has 0 bridgehead atoms. The Morgan fingerprint density at radius 3 is 2.81 bits per heavy atom. The van der Waals surface area contributed by atoms with Crippen LogP contribution in [0.15, 0.2) is 70.3 Å². The summed E-state index contributed by atoms with van der Waals surface area (Å²) in [6.45, 7) is 1.57. The van der Waals surface area contributed by atoms with Crippen LogP contribution in [0.5, 0.6) is 0 Å². The first-order valence-electron chi connectivity index (χ1n) is 10.1. The van der Waals surface area contributed by atoms with Gasteiger partial charge in [0, 0.05) is 47.7 Å². The Labute approximate surface area is 181 Å². The second-order valence-electron chi connectivity index (χ2n) is 7.89. The maximum absolute atomic E-state index is 13.0. The Kier molecular flexibility index (Phi) is 3.79. The van der Waals surface area contributed by atoms with Crippen molar-refractivity contribution in [3.05, 3.63) is 77.6 Å². The van der Waals surface area contributed by atoms with E-state index < -0.39 is 11.8 Å². The van der Waals surface area contributed by atoms with E-state index in [1.54, 1.807) is 31.6 Å². The zero-order valence-electron chi connectivity index (χ0n) is 17.0. The number of nitrogens with one attached hydrogen (secondary N) is 1. The number of Topliss-reactive ketones (excluding diaryl/α,β-unsaturated/α-hetero) is 1. The lowest BCUT2D eigenvalue weighted by Crippen LogP contribution is -2.33. The van der Waals surface area contributed by atoms with Crippen molar-refractivity contribution in [1.82, 2.24) is 10.3 Å². The van der Waals surface area contributed by atoms with Crippen LogP contribution in [0.1, 0.15) is 23.6 Å². The van der Waals surface area contributed by atoms with Gasteiger partial charge in [0.2, 0.25) is 0 Å². The Morgan fingerprint density at radius 1 is 1.12 bits per heavy atom. The number of carbonyl (C=O) groups is 3. The van der Waals surface area contributed by atoms with Crippen molar-refractivity contribution in [3.63, 3.8) is 0 Å². The lowest BCUT2D eigenvalue weighted by molar-refractivity contribution is -0.123. The Hall–Kier alpha value is -4.33. The van der Waals surface area contributed by atoms with Crippen LogP contribution in [-0.4, -0.2) is 34.3 Å². The zero-order chi connectivity index (χ0) is 22.0. The number of rotatable bonds is 3. The molecule has 2 amide bonds. The molecule has 2 aromatic heterocycles. The van der Waals surface area contributed by atoms with Crippen molar-refractivity contribution in [2.75, 3.05) is 4.90 Å². The molecule has 6 rings (SSSR count). The Morgan fingerprint density at radius 2 is 1.97 bits per heavy atom. The van der Waals surface area contributed by atoms with E-state index >= 15 is 0 Å². The van der Waals surface area contributed by atoms with Crippen molar-refractivity contribution in [2.24, 2.45) is 4.99 Å². The average molecular weight is 424 g/mol. The summed E-state index contributed by atoms with van der Waals surface area (Å²) in [6, 6.07) is 7.11. The summed E-state index contributed by atoms with van der Waals surface area (Å²) >= 11 is 0. The van der Waals surface area contributed by atoms with Gasteiger partial charge in [0.05, 0.1) is 34.9 Å². The van der Waals surface area contributed by atoms with Gasteiger partial charge in [0.25, 0.3) is 11.8 Å². The minimum atomic E-state index is -0.534. The Bertz CT molecular complexity index is 1460. The van der Waals surface area contributed by atoms with Gasteiger partial charge in [-0.1, -0.05) is 18.2 Å². The summed E-state index contributed by atoms with van der Waals surface area (Å²) in [5.74, 6) is -1.02. The molecule has 0 radical (unpaired) electrons. The van der Waals surface area contributed by atoms with Gasteiger partial charge in [-0.15, -0.1) is 0 Å². The fourth-order valence-corrected chi connectivity index (χ4v) is 4.69. The van der Waals surface area contributed by atoms with E-state index in [0.717, 1.165) is 16.6 Å². The van der Waals surface area contributed by atoms with Crippen LogP contribution < -0.4 is 10.2 Å². The summed E-state index contributed by atoms with van der Waals surface area (Å²) in [4.78, 5) is 48.8. The van der Waals surface area contributed by atoms with Crippen molar-refractivity contribution >= 4 is 45.5 Å². The minimum Gasteiger partial charge on any atom is -0.464 e. The number of para-hydroxylation sites is 1. The van der Waals surface area contributed by atoms with Crippen molar-refractivity contribution in [2.45, 2.75) is 19.4 Å². The Balaban J connectivity index is 1.61. The van der Waals surface area contributed by atoms with E-state index in [4.69, 9.17) is 4.42 Å². The lowest BCUT2D eigenvalue weighted by atomic mass is 9.93. The predicted molar refractivity (Wildman–Crippen MR) is 117 cm³/mol. The number of nitrogens with zero attached hydrogens (tertiary/aromatic N) is 3. The zero-order valence-corrected chi connectivity index (χ0v) is 17.0. The highest BCUT2D eigenvalue weighted by Gasteiger charge is 2.40. The van der Waals surface area contributed by atoms with Crippen LogP contribution in [0.3, 0.4) is 0 Å². The number of hydrogen-bond acceptors (Lipinski definition) is 7. The van der Waals surface area contributed by atoms with Gasteiger partial charge in [-0.2, -0.15) is 0 Å². The first-order chi connectivity index (χ1) is 15.5. The van der Waals surface area contributed by atoms with E-state index in [0.29, 0.717) is 28.8 Å². The second kappa shape index (κ2) is 6.58. The molecule has 0 spiro atoms. The van der Waals surface area contributed by atoms with Crippen LogP contribution in [-0.2, 0) is 20.8 Å². The number of aromatic nitrogens is 1. The number of pyridine rings is 1. The van der Waals surface area contributed by atoms with Crippen molar-refractivity contribution < 1.29 is 18.8 Å². The van der Waals surface area contributed by atoms with Gasteiger partial charge in [-0.3, -0.25) is 29.7 Å². The number of amides is 2. The maximum Gasteiger partial charge on any atom is 0.261 e. The molecule has 0 saturated carbocycles. The van der Waals surface area contributed by atoms with Crippen LogP contribution in [0.4, 0.5) is 5.69 Å². The average Bonchev–Trinajstić information content (AvgIpc) is 3.43. The highest BCUT2D eigenvalue weighted by Crippen LogP contribution is 2.40. The predicted octanol–water partition coefficient (Wildman–Crippen LogP) is 2.53. The van der Waals surface area contributed by atoms with Gasteiger partial charge in [0.1, 0.15) is 5.58 Å². The number of aliphatic imine (C=N–C) groups is 1. The third-order valence-electron chi connectivity index (χ3n) is 6.08. The number of hydrogen-bond donors (Lipinski definition) is 1. The van der Waals surface area contributed by atoms with Crippen LogP contribution in [0.25, 0.3) is 16.5 Å². The number of ketones is 1. The van der Waals surface area contributed by atoms with Crippen LogP contribution >= 0.6 is 0 Å². The molecule has 8 nitrogen and oxygen atoms in total. The van der Waals surface area contributed by atoms with E-state index in [-0.39, 0.29) is 23.0 Å². The third kappa shape index (κ3) is 2.46. The molecule has 0 saturated heterocycles. The molecular formula is C24H16N4O4. The van der Waals surface area contributed by atoms with Crippen LogP contribution in [0, 0.1) is 0 Å². The topological polar surface area (TPSA) is 105 Å². The van der Waals surface area contributed by atoms with E-state index in [9.17, 15) is 14.4 Å². The molecule has 1 aromatic carbocycles. The molecule has 32 heavy (non-hydrogen) atoms. The van der Waals surface area contributed by atoms with E-state index in [1.165, 1.54) is 12.5 Å². The fraction of sp³-hybridized carbons (Fsp3) is 0.125. The number of benzene rings is 1. The first kappa shape index (κ1) is 18.4. The number of imide groups is 1. The van der Waals surface area contributed by atoms with Gasteiger partial charge in [-0.25, -0.2) is 0 Å². The molecule has 5 heterocycles. The summed E-state index contributed by atoms with van der Waals surface area (Å²) in [5, 5.41) is 3.12. The highest BCUT2D eigenvalue weighted by molar-refractivity contribution is 6.48. The summed E-state index contributed by atoms with van der Waals surface area (Å²) in [7, 11) is 0. The smallest absolute Gasteiger partial charge is 0.261 e. The lowest BCUT2D eigenvalue weighted by Gasteiger charge is -2.22. The number of furan rings is 1. The molecule has 1 N–H and O–H groups in total. The number of anilines is 1. The monoisotopic (exact) mass is 424 g/mol. The van der Waals surface area contributed by atoms with Gasteiger partial charge >= 0.3 is 0 Å². The molecule has 0 fully saturated rings. The largest absolute Gasteiger partial charge is 0.464 e. The molecule has 8 heteroatoms. The molecule has 1 unspecified atom stereocenters. The molecule has 0 aliphatic carbocycles. The van der Waals surface area contributed by atoms with E-state index in [2.05, 4.69) is 15.3 Å². The molecule has 156 valence electrons. The molecular weight excluding hydrogens is 408 g/mol. The molecule has 3 aliphatic rings. The summed E-state index contributed by atoms with van der Waals surface area (Å²) < 4.78 is 5.60. The van der Waals surface area contributed by atoms with Gasteiger partial charge in [-0.05, 0) is 18.6 Å². The maximum atomic E-state index is 13.0. The van der Waals surface area contributed by atoms with Crippen molar-refractivity contribution in [3.8, 4) is 0 Å². The van der Waals surface area contributed by atoms with Gasteiger partial charge in [0.15, 0.2) is 5.78 Å². The van der Waals surface area contributed by atoms with Crippen molar-refractivity contribution in [1.29, 1.82) is 0 Å². The highest BCUT2D eigenvalue weighted by atomic mass is 16.3. The first-order valence-corrected chi connectivity index (χ1v) is 10.1. The molecule has 3 aromatic rings. The van der Waals surface area contributed by atoms with Crippen LogP contribution in [0.2, 0.25) is 0 Å².